The Labute approximate surface area is 223 Å². The molecule has 0 aromatic carbocycles. The highest BCUT2D eigenvalue weighted by atomic mass is 32.1. The standard InChI is InChI=1S/C24H32F2N8O3S/c1-32-10-6-16(7-11-32)37-23(36)30-19-5-9-27-20(29-19)34-12-8-24(25,26)18(14-34)33(2)22(35)31-21-28-13-17(38-21)15-3-4-15/h5,9,13,15-16,18H,3-4,6-8,10-12,14H2,1-2H3,(H,28,31,35)(H,27,29,30,36)/t18-/m0/s1. The van der Waals surface area contributed by atoms with E-state index in [9.17, 15) is 18.4 Å². The Bertz CT molecular complexity index is 1160. The molecule has 3 fully saturated rings. The molecule has 206 valence electrons. The summed E-state index contributed by atoms with van der Waals surface area (Å²) in [6, 6.07) is -0.547. The van der Waals surface area contributed by atoms with Crippen molar-refractivity contribution in [3.8, 4) is 0 Å². The fourth-order valence-corrected chi connectivity index (χ4v) is 5.63. The first-order valence-corrected chi connectivity index (χ1v) is 13.6. The molecular formula is C24H32F2N8O3S. The summed E-state index contributed by atoms with van der Waals surface area (Å²) in [6.45, 7) is 1.54. The topological polar surface area (TPSA) is 116 Å². The predicted molar refractivity (Wildman–Crippen MR) is 139 cm³/mol. The van der Waals surface area contributed by atoms with Crippen LogP contribution in [0.1, 0.15) is 42.9 Å². The Morgan fingerprint density at radius 3 is 2.66 bits per heavy atom. The van der Waals surface area contributed by atoms with Gasteiger partial charge in [0.25, 0.3) is 5.92 Å². The number of piperidine rings is 2. The van der Waals surface area contributed by atoms with Gasteiger partial charge in [-0.15, -0.1) is 11.3 Å². The van der Waals surface area contributed by atoms with E-state index in [1.165, 1.54) is 30.6 Å². The third-order valence-electron chi connectivity index (χ3n) is 7.20. The van der Waals surface area contributed by atoms with Crippen molar-refractivity contribution in [2.24, 2.45) is 0 Å². The van der Waals surface area contributed by atoms with Crippen LogP contribution < -0.4 is 15.5 Å². The largest absolute Gasteiger partial charge is 0.446 e. The minimum atomic E-state index is -3.10. The normalized spacial score (nSPS) is 22.1. The summed E-state index contributed by atoms with van der Waals surface area (Å²) in [4.78, 5) is 43.9. The number of alkyl halides is 2. The Hall–Kier alpha value is -3.13. The van der Waals surface area contributed by atoms with Crippen LogP contribution in [-0.2, 0) is 4.74 Å². The summed E-state index contributed by atoms with van der Waals surface area (Å²) in [7, 11) is 3.37. The number of urea groups is 1. The first-order chi connectivity index (χ1) is 18.2. The maximum absolute atomic E-state index is 14.9. The van der Waals surface area contributed by atoms with E-state index in [4.69, 9.17) is 4.74 Å². The van der Waals surface area contributed by atoms with E-state index < -0.39 is 30.5 Å². The molecule has 1 saturated carbocycles. The van der Waals surface area contributed by atoms with E-state index in [1.807, 2.05) is 7.05 Å². The number of likely N-dealkylation sites (N-methyl/N-ethyl adjacent to an activating group) is 1. The molecule has 0 radical (unpaired) electrons. The van der Waals surface area contributed by atoms with Gasteiger partial charge < -0.3 is 19.4 Å². The molecule has 1 aliphatic carbocycles. The van der Waals surface area contributed by atoms with Crippen LogP contribution >= 0.6 is 11.3 Å². The molecule has 4 heterocycles. The zero-order chi connectivity index (χ0) is 26.9. The van der Waals surface area contributed by atoms with E-state index in [2.05, 4.69) is 30.5 Å². The Kier molecular flexibility index (Phi) is 7.61. The number of rotatable bonds is 6. The molecule has 0 spiro atoms. The second kappa shape index (κ2) is 10.9. The number of ether oxygens (including phenoxy) is 1. The average molecular weight is 551 g/mol. The average Bonchev–Trinajstić information content (AvgIpc) is 3.63. The molecule has 2 aliphatic heterocycles. The van der Waals surface area contributed by atoms with Crippen LogP contribution in [0.3, 0.4) is 0 Å². The van der Waals surface area contributed by atoms with Gasteiger partial charge in [-0.2, -0.15) is 4.98 Å². The van der Waals surface area contributed by atoms with Crippen LogP contribution in [0.2, 0.25) is 0 Å². The van der Waals surface area contributed by atoms with Crippen LogP contribution in [0, 0.1) is 0 Å². The second-order valence-corrected chi connectivity index (χ2v) is 11.2. The number of hydrogen-bond donors (Lipinski definition) is 2. The Balaban J connectivity index is 1.20. The number of carbonyl (C=O) groups is 2. The molecule has 0 bridgehead atoms. The van der Waals surface area contributed by atoms with Gasteiger partial charge in [0.1, 0.15) is 18.0 Å². The quantitative estimate of drug-likeness (QED) is 0.558. The second-order valence-electron chi connectivity index (χ2n) is 10.1. The monoisotopic (exact) mass is 550 g/mol. The molecule has 14 heteroatoms. The SMILES string of the molecule is CN1CCC(OC(=O)Nc2ccnc(N3CCC(F)(F)[C@@H](N(C)C(=O)Nc4ncc(C5CC5)s4)C3)n2)CC1. The fraction of sp³-hybridized carbons (Fsp3) is 0.625. The van der Waals surface area contributed by atoms with E-state index in [0.29, 0.717) is 11.0 Å². The van der Waals surface area contributed by atoms with Gasteiger partial charge in [0.2, 0.25) is 5.95 Å². The summed E-state index contributed by atoms with van der Waals surface area (Å²) in [5, 5.41) is 5.65. The van der Waals surface area contributed by atoms with Crippen molar-refractivity contribution in [2.45, 2.75) is 56.1 Å². The van der Waals surface area contributed by atoms with Crippen molar-refractivity contribution < 1.29 is 23.1 Å². The molecule has 2 aromatic rings. The lowest BCUT2D eigenvalue weighted by molar-refractivity contribution is -0.0760. The van der Waals surface area contributed by atoms with Crippen LogP contribution in [0.25, 0.3) is 0 Å². The van der Waals surface area contributed by atoms with Gasteiger partial charge in [0.05, 0.1) is 0 Å². The van der Waals surface area contributed by atoms with Gasteiger partial charge in [-0.3, -0.25) is 10.6 Å². The number of likely N-dealkylation sites (tertiary alicyclic amines) is 1. The highest BCUT2D eigenvalue weighted by molar-refractivity contribution is 7.15. The first kappa shape index (κ1) is 26.5. The molecule has 2 aromatic heterocycles. The van der Waals surface area contributed by atoms with E-state index in [-0.39, 0.29) is 31.0 Å². The van der Waals surface area contributed by atoms with Crippen LogP contribution in [0.4, 0.5) is 35.3 Å². The van der Waals surface area contributed by atoms with Crippen molar-refractivity contribution in [2.75, 3.05) is 55.8 Å². The molecule has 0 unspecified atom stereocenters. The van der Waals surface area contributed by atoms with Gasteiger partial charge in [-0.1, -0.05) is 0 Å². The third kappa shape index (κ3) is 6.29. The van der Waals surface area contributed by atoms with E-state index in [0.717, 1.165) is 48.5 Å². The third-order valence-corrected chi connectivity index (χ3v) is 8.27. The lowest BCUT2D eigenvalue weighted by Crippen LogP contribution is -2.60. The smallest absolute Gasteiger partial charge is 0.413 e. The van der Waals surface area contributed by atoms with E-state index in [1.54, 1.807) is 11.1 Å². The number of halogens is 2. The number of anilines is 3. The summed E-state index contributed by atoms with van der Waals surface area (Å²) >= 11 is 1.38. The number of thiazole rings is 1. The predicted octanol–water partition coefficient (Wildman–Crippen LogP) is 3.83. The lowest BCUT2D eigenvalue weighted by atomic mass is 10.00. The van der Waals surface area contributed by atoms with Crippen molar-refractivity contribution in [3.63, 3.8) is 0 Å². The molecule has 38 heavy (non-hydrogen) atoms. The summed E-state index contributed by atoms with van der Waals surface area (Å²) in [5.41, 5.74) is 0. The van der Waals surface area contributed by atoms with Gasteiger partial charge in [0.15, 0.2) is 5.13 Å². The molecule has 3 amide bonds. The van der Waals surface area contributed by atoms with Crippen LogP contribution in [-0.4, -0.2) is 95.2 Å². The Morgan fingerprint density at radius 1 is 1.16 bits per heavy atom. The highest BCUT2D eigenvalue weighted by Gasteiger charge is 2.48. The van der Waals surface area contributed by atoms with Gasteiger partial charge in [-0.25, -0.2) is 28.3 Å². The molecule has 2 saturated heterocycles. The number of carbonyl (C=O) groups excluding carboxylic acids is 2. The number of amides is 3. The fourth-order valence-electron chi connectivity index (χ4n) is 4.65. The van der Waals surface area contributed by atoms with Gasteiger partial charge in [-0.05, 0) is 44.7 Å². The minimum Gasteiger partial charge on any atom is -0.446 e. The Morgan fingerprint density at radius 2 is 1.92 bits per heavy atom. The van der Waals surface area contributed by atoms with Gasteiger partial charge in [0, 0.05) is 56.9 Å². The molecule has 5 rings (SSSR count). The summed E-state index contributed by atoms with van der Waals surface area (Å²) < 4.78 is 35.4. The maximum atomic E-state index is 14.9. The zero-order valence-corrected chi connectivity index (χ0v) is 22.2. The van der Waals surface area contributed by atoms with Crippen molar-refractivity contribution in [1.29, 1.82) is 0 Å². The summed E-state index contributed by atoms with van der Waals surface area (Å²) in [5.74, 6) is -2.21. The van der Waals surface area contributed by atoms with Crippen molar-refractivity contribution >= 4 is 40.4 Å². The molecular weight excluding hydrogens is 518 g/mol. The zero-order valence-electron chi connectivity index (χ0n) is 21.4. The highest BCUT2D eigenvalue weighted by Crippen LogP contribution is 2.43. The minimum absolute atomic E-state index is 0.000318. The van der Waals surface area contributed by atoms with Crippen molar-refractivity contribution in [1.82, 2.24) is 24.8 Å². The number of hydrogen-bond acceptors (Lipinski definition) is 9. The van der Waals surface area contributed by atoms with Crippen LogP contribution in [0.15, 0.2) is 18.5 Å². The lowest BCUT2D eigenvalue weighted by Gasteiger charge is -2.42. The van der Waals surface area contributed by atoms with Crippen LogP contribution in [0.5, 0.6) is 0 Å². The molecule has 11 nitrogen and oxygen atoms in total. The maximum Gasteiger partial charge on any atom is 0.413 e. The van der Waals surface area contributed by atoms with Gasteiger partial charge >= 0.3 is 12.1 Å². The summed E-state index contributed by atoms with van der Waals surface area (Å²) in [6.07, 6.45) is 5.66. The molecule has 1 atom stereocenters. The number of nitrogens with one attached hydrogen (secondary N) is 2. The molecule has 2 N–H and O–H groups in total. The number of aromatic nitrogens is 3. The first-order valence-electron chi connectivity index (χ1n) is 12.8. The van der Waals surface area contributed by atoms with Crippen molar-refractivity contribution in [3.05, 3.63) is 23.3 Å². The van der Waals surface area contributed by atoms with E-state index >= 15 is 0 Å². The molecule has 3 aliphatic rings. The number of nitrogens with zero attached hydrogens (tertiary/aromatic N) is 6.